The van der Waals surface area contributed by atoms with Crippen molar-refractivity contribution >= 4 is 23.2 Å². The third-order valence-electron chi connectivity index (χ3n) is 2.22. The quantitative estimate of drug-likeness (QED) is 0.839. The number of benzene rings is 1. The first-order chi connectivity index (χ1) is 7.13. The van der Waals surface area contributed by atoms with Gasteiger partial charge in [0.15, 0.2) is 0 Å². The Bertz CT molecular complexity index is 347. The van der Waals surface area contributed by atoms with E-state index in [1.165, 1.54) is 5.56 Å². The number of rotatable bonds is 4. The van der Waals surface area contributed by atoms with Gasteiger partial charge in [0, 0.05) is 23.1 Å². The van der Waals surface area contributed by atoms with Crippen LogP contribution in [0.4, 0.5) is 0 Å². The van der Waals surface area contributed by atoms with E-state index in [2.05, 4.69) is 18.3 Å². The lowest BCUT2D eigenvalue weighted by molar-refractivity contribution is 0.607. The van der Waals surface area contributed by atoms with Gasteiger partial charge in [0.25, 0.3) is 0 Å². The van der Waals surface area contributed by atoms with E-state index in [1.54, 1.807) is 5.54 Å². The van der Waals surface area contributed by atoms with Crippen LogP contribution in [0.15, 0.2) is 35.4 Å². The third-order valence-corrected chi connectivity index (χ3v) is 2.83. The molecule has 0 fully saturated rings. The maximum Gasteiger partial charge on any atom is 0.0409 e. The van der Waals surface area contributed by atoms with E-state index in [9.17, 15) is 0 Å². The lowest BCUT2D eigenvalue weighted by atomic mass is 10.1. The summed E-state index contributed by atoms with van der Waals surface area (Å²) < 4.78 is 0. The van der Waals surface area contributed by atoms with Crippen molar-refractivity contribution in [3.05, 3.63) is 46.0 Å². The van der Waals surface area contributed by atoms with Crippen LogP contribution in [0.5, 0.6) is 0 Å². The molecule has 0 unspecified atom stereocenters. The van der Waals surface area contributed by atoms with Gasteiger partial charge < -0.3 is 5.32 Å². The Kier molecular flexibility index (Phi) is 5.16. The first kappa shape index (κ1) is 12.6. The Labute approximate surface area is 101 Å². The zero-order valence-corrected chi connectivity index (χ0v) is 10.4. The van der Waals surface area contributed by atoms with E-state index in [0.29, 0.717) is 0 Å². The second kappa shape index (κ2) is 6.16. The Morgan fingerprint density at radius 3 is 2.87 bits per heavy atom. The average Bonchev–Trinajstić information content (AvgIpc) is 2.25. The molecule has 0 radical (unpaired) electrons. The Balaban J connectivity index is 2.57. The largest absolute Gasteiger partial charge is 0.306 e. The van der Waals surface area contributed by atoms with Gasteiger partial charge in [0.2, 0.25) is 0 Å². The van der Waals surface area contributed by atoms with Crippen molar-refractivity contribution in [1.82, 2.24) is 5.32 Å². The summed E-state index contributed by atoms with van der Waals surface area (Å²) in [6.07, 6.45) is 0. The molecule has 0 heterocycles. The number of halogens is 2. The smallest absolute Gasteiger partial charge is 0.0409 e. The van der Waals surface area contributed by atoms with Crippen LogP contribution in [0, 0.1) is 0 Å². The number of hydrogen-bond donors (Lipinski definition) is 1. The summed E-state index contributed by atoms with van der Waals surface area (Å²) in [7, 11) is 0. The van der Waals surface area contributed by atoms with Gasteiger partial charge in [0.1, 0.15) is 0 Å². The molecule has 1 rings (SSSR count). The lowest BCUT2D eigenvalue weighted by Gasteiger charge is -2.14. The van der Waals surface area contributed by atoms with Gasteiger partial charge >= 0.3 is 0 Å². The molecule has 0 spiro atoms. The van der Waals surface area contributed by atoms with E-state index in [1.807, 2.05) is 25.1 Å². The third kappa shape index (κ3) is 4.25. The van der Waals surface area contributed by atoms with Crippen LogP contribution in [0.1, 0.15) is 25.5 Å². The van der Waals surface area contributed by atoms with Crippen LogP contribution in [-0.2, 0) is 0 Å². The Morgan fingerprint density at radius 1 is 1.53 bits per heavy atom. The highest BCUT2D eigenvalue weighted by atomic mass is 35.5. The predicted molar refractivity (Wildman–Crippen MR) is 67.5 cm³/mol. The van der Waals surface area contributed by atoms with Gasteiger partial charge in [-0.1, -0.05) is 35.3 Å². The maximum absolute atomic E-state index is 5.92. The minimum atomic E-state index is 0.273. The zero-order chi connectivity index (χ0) is 11.3. The molecule has 0 aliphatic heterocycles. The molecule has 0 bridgehead atoms. The Morgan fingerprint density at radius 2 is 2.27 bits per heavy atom. The lowest BCUT2D eigenvalue weighted by Crippen LogP contribution is -2.20. The van der Waals surface area contributed by atoms with Gasteiger partial charge in [-0.15, -0.1) is 0 Å². The summed E-state index contributed by atoms with van der Waals surface area (Å²) in [6.45, 7) is 4.88. The molecule has 1 aromatic rings. The van der Waals surface area contributed by atoms with E-state index >= 15 is 0 Å². The van der Waals surface area contributed by atoms with Crippen molar-refractivity contribution in [2.45, 2.75) is 19.9 Å². The highest BCUT2D eigenvalue weighted by Gasteiger charge is 2.04. The fraction of sp³-hybridized carbons (Fsp3) is 0.333. The summed E-state index contributed by atoms with van der Waals surface area (Å²) in [5, 5.41) is 4.13. The monoisotopic (exact) mass is 243 g/mol. The van der Waals surface area contributed by atoms with E-state index in [-0.39, 0.29) is 6.04 Å². The summed E-state index contributed by atoms with van der Waals surface area (Å²) in [6, 6.07) is 8.14. The molecule has 0 aromatic heterocycles. The fourth-order valence-corrected chi connectivity index (χ4v) is 1.52. The van der Waals surface area contributed by atoms with Crippen LogP contribution in [0.2, 0.25) is 5.02 Å². The van der Waals surface area contributed by atoms with Crippen molar-refractivity contribution in [3.63, 3.8) is 0 Å². The minimum Gasteiger partial charge on any atom is -0.306 e. The van der Waals surface area contributed by atoms with Gasteiger partial charge in [-0.05, 0) is 37.1 Å². The summed E-state index contributed by atoms with van der Waals surface area (Å²) >= 11 is 11.5. The predicted octanol–water partition coefficient (Wildman–Crippen LogP) is 4.13. The molecule has 1 nitrogen and oxygen atoms in total. The van der Waals surface area contributed by atoms with Gasteiger partial charge in [-0.2, -0.15) is 0 Å². The summed E-state index contributed by atoms with van der Waals surface area (Å²) in [5.74, 6) is 0. The molecule has 1 atom stereocenters. The number of hydrogen-bond acceptors (Lipinski definition) is 1. The maximum atomic E-state index is 5.92. The molecule has 0 saturated carbocycles. The fourth-order valence-electron chi connectivity index (χ4n) is 1.25. The Hall–Kier alpha value is -0.500. The van der Waals surface area contributed by atoms with Crippen molar-refractivity contribution in [2.24, 2.45) is 0 Å². The molecule has 1 aromatic carbocycles. The molecule has 15 heavy (non-hydrogen) atoms. The highest BCUT2D eigenvalue weighted by Crippen LogP contribution is 2.17. The zero-order valence-electron chi connectivity index (χ0n) is 8.93. The molecule has 3 heteroatoms. The van der Waals surface area contributed by atoms with Crippen LogP contribution in [0.25, 0.3) is 0 Å². The van der Waals surface area contributed by atoms with Crippen LogP contribution in [-0.4, -0.2) is 6.54 Å². The van der Waals surface area contributed by atoms with E-state index in [4.69, 9.17) is 23.2 Å². The molecule has 82 valence electrons. The van der Waals surface area contributed by atoms with Crippen LogP contribution >= 0.6 is 23.2 Å². The van der Waals surface area contributed by atoms with Crippen molar-refractivity contribution in [1.29, 1.82) is 0 Å². The molecule has 0 amide bonds. The summed E-state index contributed by atoms with van der Waals surface area (Å²) in [5.41, 5.74) is 3.90. The minimum absolute atomic E-state index is 0.273. The highest BCUT2D eigenvalue weighted by molar-refractivity contribution is 6.30. The second-order valence-corrected chi connectivity index (χ2v) is 4.27. The number of nitrogens with one attached hydrogen (secondary N) is 1. The van der Waals surface area contributed by atoms with E-state index < -0.39 is 0 Å². The molecule has 1 N–H and O–H groups in total. The summed E-state index contributed by atoms with van der Waals surface area (Å²) in [4.78, 5) is 0. The average molecular weight is 244 g/mol. The molecule has 0 aliphatic rings. The van der Waals surface area contributed by atoms with E-state index in [0.717, 1.165) is 17.1 Å². The topological polar surface area (TPSA) is 12.0 Å². The second-order valence-electron chi connectivity index (χ2n) is 3.61. The first-order valence-corrected chi connectivity index (χ1v) is 5.69. The van der Waals surface area contributed by atoms with Crippen molar-refractivity contribution < 1.29 is 0 Å². The van der Waals surface area contributed by atoms with Gasteiger partial charge in [-0.3, -0.25) is 0 Å². The standard InChI is InChI=1S/C12H15Cl2N/c1-9(7-13)8-15-10(2)11-4-3-5-12(14)6-11/h3-7,10,15H,8H2,1-2H3/b9-7+/t10-/m0/s1. The van der Waals surface area contributed by atoms with Crippen molar-refractivity contribution in [3.8, 4) is 0 Å². The van der Waals surface area contributed by atoms with Gasteiger partial charge in [-0.25, -0.2) is 0 Å². The van der Waals surface area contributed by atoms with Crippen LogP contribution < -0.4 is 5.32 Å². The van der Waals surface area contributed by atoms with Crippen molar-refractivity contribution in [2.75, 3.05) is 6.54 Å². The molecular formula is C12H15Cl2N. The molecule has 0 saturated heterocycles. The normalized spacial score (nSPS) is 14.0. The van der Waals surface area contributed by atoms with Gasteiger partial charge in [0.05, 0.1) is 0 Å². The SMILES string of the molecule is C/C(=C\Cl)CN[C@@H](C)c1cccc(Cl)c1. The molecule has 0 aliphatic carbocycles. The van der Waals surface area contributed by atoms with Crippen LogP contribution in [0.3, 0.4) is 0 Å². The molecular weight excluding hydrogens is 229 g/mol. The first-order valence-electron chi connectivity index (χ1n) is 4.88.